The Morgan fingerprint density at radius 2 is 1.00 bits per heavy atom. The molecule has 0 spiro atoms. The maximum absolute atomic E-state index is 2.32. The SMILES string of the molecule is CCCCCCCCCCCCC1C2CCCCC2CC2CCCCC21. The third-order valence-corrected chi connectivity index (χ3v) is 8.53. The molecular formula is C26H48. The van der Waals surface area contributed by atoms with Crippen LogP contribution in [0.5, 0.6) is 0 Å². The van der Waals surface area contributed by atoms with E-state index in [9.17, 15) is 0 Å². The fraction of sp³-hybridized carbons (Fsp3) is 1.00. The first kappa shape index (κ1) is 20.7. The van der Waals surface area contributed by atoms with E-state index < -0.39 is 0 Å². The normalized spacial score (nSPS) is 34.3. The van der Waals surface area contributed by atoms with Gasteiger partial charge in [-0.05, 0) is 55.3 Å². The Hall–Kier alpha value is 0. The van der Waals surface area contributed by atoms with Crippen molar-refractivity contribution in [1.29, 1.82) is 0 Å². The number of fused-ring (bicyclic) bond motifs is 2. The molecule has 0 amide bonds. The first-order chi connectivity index (χ1) is 12.9. The Bertz CT molecular complexity index is 337. The molecule has 3 aliphatic carbocycles. The monoisotopic (exact) mass is 360 g/mol. The maximum atomic E-state index is 2.32. The second-order valence-corrected chi connectivity index (χ2v) is 10.3. The van der Waals surface area contributed by atoms with Gasteiger partial charge in [0.05, 0.1) is 0 Å². The van der Waals surface area contributed by atoms with Crippen molar-refractivity contribution < 1.29 is 0 Å². The molecule has 0 radical (unpaired) electrons. The van der Waals surface area contributed by atoms with E-state index in [2.05, 4.69) is 6.92 Å². The van der Waals surface area contributed by atoms with Gasteiger partial charge in [0.25, 0.3) is 0 Å². The summed E-state index contributed by atoms with van der Waals surface area (Å²) in [6, 6.07) is 0. The van der Waals surface area contributed by atoms with Gasteiger partial charge in [-0.3, -0.25) is 0 Å². The highest BCUT2D eigenvalue weighted by Gasteiger charge is 2.44. The van der Waals surface area contributed by atoms with Gasteiger partial charge >= 0.3 is 0 Å². The minimum atomic E-state index is 1.13. The molecule has 0 bridgehead atoms. The summed E-state index contributed by atoms with van der Waals surface area (Å²) in [7, 11) is 0. The van der Waals surface area contributed by atoms with E-state index >= 15 is 0 Å². The molecule has 0 heteroatoms. The molecule has 0 saturated heterocycles. The summed E-state index contributed by atoms with van der Waals surface area (Å²) in [5, 5.41) is 0. The van der Waals surface area contributed by atoms with Crippen molar-refractivity contribution in [2.75, 3.05) is 0 Å². The van der Waals surface area contributed by atoms with Crippen molar-refractivity contribution >= 4 is 0 Å². The molecule has 0 N–H and O–H groups in total. The third kappa shape index (κ3) is 6.00. The van der Waals surface area contributed by atoms with Gasteiger partial charge in [-0.2, -0.15) is 0 Å². The Morgan fingerprint density at radius 1 is 0.538 bits per heavy atom. The van der Waals surface area contributed by atoms with E-state index in [4.69, 9.17) is 0 Å². The van der Waals surface area contributed by atoms with Crippen molar-refractivity contribution in [1.82, 2.24) is 0 Å². The fourth-order valence-corrected chi connectivity index (χ4v) is 7.19. The summed E-state index contributed by atoms with van der Waals surface area (Å²) in [5.41, 5.74) is 0. The predicted octanol–water partition coefficient (Wildman–Crippen LogP) is 8.93. The molecule has 4 unspecified atom stereocenters. The molecule has 3 rings (SSSR count). The molecule has 0 aromatic heterocycles. The van der Waals surface area contributed by atoms with Gasteiger partial charge in [0, 0.05) is 0 Å². The van der Waals surface area contributed by atoms with Crippen LogP contribution in [0.2, 0.25) is 0 Å². The molecule has 0 aliphatic heterocycles. The topological polar surface area (TPSA) is 0 Å². The minimum Gasteiger partial charge on any atom is -0.0654 e. The number of hydrogen-bond acceptors (Lipinski definition) is 0. The van der Waals surface area contributed by atoms with Gasteiger partial charge in [0.15, 0.2) is 0 Å². The molecular weight excluding hydrogens is 312 g/mol. The number of hydrogen-bond donors (Lipinski definition) is 0. The molecule has 3 fully saturated rings. The lowest BCUT2D eigenvalue weighted by Crippen LogP contribution is -2.43. The van der Waals surface area contributed by atoms with E-state index in [1.54, 1.807) is 70.6 Å². The van der Waals surface area contributed by atoms with Gasteiger partial charge in [-0.1, -0.05) is 110 Å². The molecule has 3 saturated carbocycles. The fourth-order valence-electron chi connectivity index (χ4n) is 7.19. The first-order valence-corrected chi connectivity index (χ1v) is 12.9. The van der Waals surface area contributed by atoms with Crippen molar-refractivity contribution in [3.05, 3.63) is 0 Å². The summed E-state index contributed by atoms with van der Waals surface area (Å²) in [6.45, 7) is 2.32. The molecule has 0 aromatic rings. The Morgan fingerprint density at radius 3 is 1.54 bits per heavy atom. The molecule has 0 heterocycles. The van der Waals surface area contributed by atoms with Crippen LogP contribution in [0.15, 0.2) is 0 Å². The lowest BCUT2D eigenvalue weighted by atomic mass is 9.54. The zero-order valence-corrected chi connectivity index (χ0v) is 18.0. The molecule has 0 aromatic carbocycles. The first-order valence-electron chi connectivity index (χ1n) is 12.9. The van der Waals surface area contributed by atoms with Crippen LogP contribution in [0.25, 0.3) is 0 Å². The number of rotatable bonds is 11. The van der Waals surface area contributed by atoms with Crippen molar-refractivity contribution in [2.45, 2.75) is 135 Å². The van der Waals surface area contributed by atoms with Crippen LogP contribution < -0.4 is 0 Å². The zero-order chi connectivity index (χ0) is 18.0. The number of unbranched alkanes of at least 4 members (excludes halogenated alkanes) is 9. The van der Waals surface area contributed by atoms with Crippen LogP contribution in [-0.2, 0) is 0 Å². The average molecular weight is 361 g/mol. The molecule has 3 aliphatic rings. The maximum Gasteiger partial charge on any atom is -0.0352 e. The van der Waals surface area contributed by atoms with Gasteiger partial charge in [0.2, 0.25) is 0 Å². The summed E-state index contributed by atoms with van der Waals surface area (Å²) in [5.74, 6) is 5.68. The van der Waals surface area contributed by atoms with Gasteiger partial charge in [0.1, 0.15) is 0 Å². The molecule has 152 valence electrons. The van der Waals surface area contributed by atoms with Gasteiger partial charge in [-0.15, -0.1) is 0 Å². The van der Waals surface area contributed by atoms with E-state index in [0.29, 0.717) is 0 Å². The van der Waals surface area contributed by atoms with Crippen LogP contribution in [0.3, 0.4) is 0 Å². The van der Waals surface area contributed by atoms with Crippen LogP contribution >= 0.6 is 0 Å². The quantitative estimate of drug-likeness (QED) is 0.322. The van der Waals surface area contributed by atoms with E-state index in [1.807, 2.05) is 0 Å². The summed E-state index contributed by atoms with van der Waals surface area (Å²) < 4.78 is 0. The highest BCUT2D eigenvalue weighted by Crippen LogP contribution is 2.54. The van der Waals surface area contributed by atoms with E-state index in [-0.39, 0.29) is 0 Å². The summed E-state index contributed by atoms with van der Waals surface area (Å²) >= 11 is 0. The van der Waals surface area contributed by atoms with Crippen LogP contribution in [0.1, 0.15) is 135 Å². The standard InChI is InChI=1S/C26H48/c1-2-3-4-5-6-7-8-9-10-11-20-26-24-18-14-12-16-22(24)21-23-17-13-15-19-25(23)26/h22-26H,2-21H2,1H3. The van der Waals surface area contributed by atoms with Gasteiger partial charge in [-0.25, -0.2) is 0 Å². The van der Waals surface area contributed by atoms with E-state index in [0.717, 1.165) is 29.6 Å². The second-order valence-electron chi connectivity index (χ2n) is 10.3. The predicted molar refractivity (Wildman–Crippen MR) is 115 cm³/mol. The van der Waals surface area contributed by atoms with Crippen LogP contribution in [-0.4, -0.2) is 0 Å². The molecule has 26 heavy (non-hydrogen) atoms. The lowest BCUT2D eigenvalue weighted by molar-refractivity contribution is -0.0161. The van der Waals surface area contributed by atoms with Gasteiger partial charge < -0.3 is 0 Å². The van der Waals surface area contributed by atoms with E-state index in [1.165, 1.54) is 57.8 Å². The Balaban J connectivity index is 1.34. The minimum absolute atomic E-state index is 1.13. The highest BCUT2D eigenvalue weighted by molar-refractivity contribution is 4.94. The molecule has 0 nitrogen and oxygen atoms in total. The Kier molecular flexibility index (Phi) is 9.37. The largest absolute Gasteiger partial charge is 0.0654 e. The average Bonchev–Trinajstić information content (AvgIpc) is 2.68. The zero-order valence-electron chi connectivity index (χ0n) is 18.0. The smallest absolute Gasteiger partial charge is 0.0352 e. The molecule has 4 atom stereocenters. The Labute approximate surface area is 165 Å². The lowest BCUT2D eigenvalue weighted by Gasteiger charge is -2.51. The highest BCUT2D eigenvalue weighted by atomic mass is 14.5. The second kappa shape index (κ2) is 11.8. The summed E-state index contributed by atoms with van der Waals surface area (Å²) in [4.78, 5) is 0. The summed E-state index contributed by atoms with van der Waals surface area (Å²) in [6.07, 6.45) is 30.7. The van der Waals surface area contributed by atoms with Crippen molar-refractivity contribution in [3.63, 3.8) is 0 Å². The van der Waals surface area contributed by atoms with Crippen molar-refractivity contribution in [3.8, 4) is 0 Å². The van der Waals surface area contributed by atoms with Crippen LogP contribution in [0.4, 0.5) is 0 Å². The van der Waals surface area contributed by atoms with Crippen molar-refractivity contribution in [2.24, 2.45) is 29.6 Å². The van der Waals surface area contributed by atoms with Crippen LogP contribution in [0, 0.1) is 29.6 Å². The third-order valence-electron chi connectivity index (χ3n) is 8.53.